The Morgan fingerprint density at radius 2 is 2.19 bits per heavy atom. The molecule has 1 aliphatic rings. The summed E-state index contributed by atoms with van der Waals surface area (Å²) in [6.07, 6.45) is 4.73. The minimum atomic E-state index is 0.780. The molecule has 2 aromatic rings. The third-order valence-corrected chi connectivity index (χ3v) is 3.43. The lowest BCUT2D eigenvalue weighted by molar-refractivity contribution is 0.122. The average molecular weight is 234 g/mol. The van der Waals surface area contributed by atoms with Crippen molar-refractivity contribution in [3.63, 3.8) is 0 Å². The second kappa shape index (κ2) is 4.31. The third-order valence-electron chi connectivity index (χ3n) is 2.75. The van der Waals surface area contributed by atoms with E-state index in [0.29, 0.717) is 0 Å². The number of anilines is 1. The smallest absolute Gasteiger partial charge is 0.195 e. The van der Waals surface area contributed by atoms with Crippen LogP contribution in [0.1, 0.15) is 0 Å². The molecule has 0 aromatic carbocycles. The second-order valence-corrected chi connectivity index (χ2v) is 4.49. The molecule has 0 unspecified atom stereocenters. The highest BCUT2D eigenvalue weighted by molar-refractivity contribution is 7.08. The maximum absolute atomic E-state index is 5.34. The molecule has 0 amide bonds. The molecule has 2 aromatic heterocycles. The topological polar surface area (TPSA) is 25.6 Å². The molecule has 0 atom stereocenters. The predicted molar refractivity (Wildman–Crippen MR) is 63.9 cm³/mol. The van der Waals surface area contributed by atoms with Crippen molar-refractivity contribution in [2.24, 2.45) is 0 Å². The fourth-order valence-corrected chi connectivity index (χ4v) is 2.56. The zero-order chi connectivity index (χ0) is 10.8. The van der Waals surface area contributed by atoms with Gasteiger partial charge in [0.1, 0.15) is 6.26 Å². The lowest BCUT2D eigenvalue weighted by Gasteiger charge is -2.28. The van der Waals surface area contributed by atoms with E-state index in [1.165, 1.54) is 5.56 Å². The summed E-state index contributed by atoms with van der Waals surface area (Å²) in [5.74, 6) is 0. The highest BCUT2D eigenvalue weighted by atomic mass is 32.1. The van der Waals surface area contributed by atoms with Gasteiger partial charge < -0.3 is 14.1 Å². The molecule has 0 aliphatic carbocycles. The fraction of sp³-hybridized carbons (Fsp3) is 0.333. The van der Waals surface area contributed by atoms with E-state index in [1.54, 1.807) is 17.6 Å². The molecule has 1 aliphatic heterocycles. The molecule has 0 saturated carbocycles. The Hall–Kier alpha value is -1.26. The van der Waals surface area contributed by atoms with Gasteiger partial charge in [-0.15, -0.1) is 0 Å². The number of hydrogen-bond acceptors (Lipinski definition) is 4. The first-order chi connectivity index (χ1) is 7.95. The lowest BCUT2D eigenvalue weighted by atomic mass is 10.1. The molecule has 4 heteroatoms. The van der Waals surface area contributed by atoms with Gasteiger partial charge in [-0.25, -0.2) is 0 Å². The van der Waals surface area contributed by atoms with Gasteiger partial charge in [-0.05, 0) is 22.4 Å². The SMILES string of the molecule is [c]1occ(-c2ccsc2)c1N1CCOCC1. The van der Waals surface area contributed by atoms with Crippen molar-refractivity contribution in [3.8, 4) is 11.1 Å². The summed E-state index contributed by atoms with van der Waals surface area (Å²) in [4.78, 5) is 2.26. The van der Waals surface area contributed by atoms with E-state index < -0.39 is 0 Å². The van der Waals surface area contributed by atoms with Crippen LogP contribution in [-0.4, -0.2) is 26.3 Å². The molecule has 1 saturated heterocycles. The summed E-state index contributed by atoms with van der Waals surface area (Å²) < 4.78 is 10.6. The fourth-order valence-electron chi connectivity index (χ4n) is 1.90. The van der Waals surface area contributed by atoms with Gasteiger partial charge in [-0.2, -0.15) is 11.3 Å². The number of thiophene rings is 1. The highest BCUT2D eigenvalue weighted by Gasteiger charge is 2.18. The van der Waals surface area contributed by atoms with Crippen LogP contribution in [0.4, 0.5) is 5.69 Å². The van der Waals surface area contributed by atoms with Crippen LogP contribution in [-0.2, 0) is 4.74 Å². The summed E-state index contributed by atoms with van der Waals surface area (Å²) in [7, 11) is 0. The van der Waals surface area contributed by atoms with Crippen LogP contribution in [0.15, 0.2) is 27.5 Å². The zero-order valence-corrected chi connectivity index (χ0v) is 9.63. The number of furan rings is 1. The maximum Gasteiger partial charge on any atom is 0.195 e. The largest absolute Gasteiger partial charge is 0.458 e. The molecule has 1 fully saturated rings. The molecule has 3 nitrogen and oxygen atoms in total. The molecule has 3 heterocycles. The van der Waals surface area contributed by atoms with E-state index in [1.807, 2.05) is 0 Å². The van der Waals surface area contributed by atoms with E-state index in [9.17, 15) is 0 Å². The summed E-state index contributed by atoms with van der Waals surface area (Å²) in [6, 6.07) is 2.10. The highest BCUT2D eigenvalue weighted by Crippen LogP contribution is 2.33. The second-order valence-electron chi connectivity index (χ2n) is 3.71. The Morgan fingerprint density at radius 3 is 2.94 bits per heavy atom. The third kappa shape index (κ3) is 1.74. The predicted octanol–water partition coefficient (Wildman–Crippen LogP) is 2.64. The van der Waals surface area contributed by atoms with Gasteiger partial charge in [-0.3, -0.25) is 0 Å². The number of hydrogen-bond donors (Lipinski definition) is 0. The molecule has 3 rings (SSSR count). The van der Waals surface area contributed by atoms with Crippen molar-refractivity contribution in [2.45, 2.75) is 0 Å². The van der Waals surface area contributed by atoms with E-state index >= 15 is 0 Å². The first-order valence-electron chi connectivity index (χ1n) is 5.29. The van der Waals surface area contributed by atoms with Crippen molar-refractivity contribution in [2.75, 3.05) is 31.2 Å². The summed E-state index contributed by atoms with van der Waals surface area (Å²) in [6.45, 7) is 3.38. The Balaban J connectivity index is 1.92. The van der Waals surface area contributed by atoms with Gasteiger partial charge in [0.15, 0.2) is 6.26 Å². The number of ether oxygens (including phenoxy) is 1. The molecule has 0 N–H and O–H groups in total. The van der Waals surface area contributed by atoms with Crippen LogP contribution in [0, 0.1) is 6.26 Å². The summed E-state index contributed by atoms with van der Waals surface area (Å²) in [5.41, 5.74) is 3.39. The van der Waals surface area contributed by atoms with Crippen molar-refractivity contribution < 1.29 is 9.15 Å². The van der Waals surface area contributed by atoms with Gasteiger partial charge in [0.2, 0.25) is 0 Å². The quantitative estimate of drug-likeness (QED) is 0.799. The van der Waals surface area contributed by atoms with E-state index in [2.05, 4.69) is 28.0 Å². The van der Waals surface area contributed by atoms with E-state index in [0.717, 1.165) is 37.6 Å². The molecule has 83 valence electrons. The van der Waals surface area contributed by atoms with Crippen LogP contribution >= 0.6 is 11.3 Å². The van der Waals surface area contributed by atoms with E-state index in [-0.39, 0.29) is 0 Å². The Kier molecular flexibility index (Phi) is 2.68. The standard InChI is InChI=1S/C12H12NO2S/c1-6-16-9-10(1)11-7-15-8-12(11)13-2-4-14-5-3-13/h1,6-7,9H,2-5H2. The Morgan fingerprint density at radius 1 is 1.31 bits per heavy atom. The molecule has 1 radical (unpaired) electrons. The van der Waals surface area contributed by atoms with Crippen LogP contribution in [0.3, 0.4) is 0 Å². The van der Waals surface area contributed by atoms with Crippen LogP contribution in [0.25, 0.3) is 11.1 Å². The number of nitrogens with zero attached hydrogens (tertiary/aromatic N) is 1. The van der Waals surface area contributed by atoms with Crippen LogP contribution < -0.4 is 4.90 Å². The van der Waals surface area contributed by atoms with Crippen molar-refractivity contribution in [3.05, 3.63) is 29.4 Å². The van der Waals surface area contributed by atoms with Gasteiger partial charge >= 0.3 is 0 Å². The normalized spacial score (nSPS) is 16.6. The van der Waals surface area contributed by atoms with Crippen molar-refractivity contribution >= 4 is 17.0 Å². The summed E-state index contributed by atoms with van der Waals surface area (Å²) in [5, 5.41) is 4.20. The van der Waals surface area contributed by atoms with Gasteiger partial charge in [0.25, 0.3) is 0 Å². The monoisotopic (exact) mass is 234 g/mol. The molecular formula is C12H12NO2S. The van der Waals surface area contributed by atoms with Crippen LogP contribution in [0.5, 0.6) is 0 Å². The molecule has 0 bridgehead atoms. The molecule has 16 heavy (non-hydrogen) atoms. The van der Waals surface area contributed by atoms with Crippen molar-refractivity contribution in [1.29, 1.82) is 0 Å². The first-order valence-corrected chi connectivity index (χ1v) is 6.24. The van der Waals surface area contributed by atoms with Crippen LogP contribution in [0.2, 0.25) is 0 Å². The minimum absolute atomic E-state index is 0.780. The molecule has 0 spiro atoms. The van der Waals surface area contributed by atoms with Gasteiger partial charge in [0.05, 0.1) is 18.9 Å². The minimum Gasteiger partial charge on any atom is -0.458 e. The summed E-state index contributed by atoms with van der Waals surface area (Å²) >= 11 is 1.69. The lowest BCUT2D eigenvalue weighted by Crippen LogP contribution is -2.36. The average Bonchev–Trinajstić information content (AvgIpc) is 3.01. The van der Waals surface area contributed by atoms with Gasteiger partial charge in [-0.1, -0.05) is 0 Å². The van der Waals surface area contributed by atoms with E-state index in [4.69, 9.17) is 9.15 Å². The first kappa shape index (κ1) is 9.93. The number of rotatable bonds is 2. The van der Waals surface area contributed by atoms with Gasteiger partial charge in [0, 0.05) is 18.7 Å². The molecular weight excluding hydrogens is 222 g/mol. The Bertz CT molecular complexity index is 443. The zero-order valence-electron chi connectivity index (χ0n) is 8.81. The Labute approximate surface area is 98.3 Å². The number of morpholine rings is 1. The maximum atomic E-state index is 5.34. The van der Waals surface area contributed by atoms with Crippen molar-refractivity contribution in [1.82, 2.24) is 0 Å².